The van der Waals surface area contributed by atoms with E-state index in [1.807, 2.05) is 19.1 Å². The molecule has 1 aromatic rings. The van der Waals surface area contributed by atoms with Crippen LogP contribution in [0.1, 0.15) is 36.9 Å². The van der Waals surface area contributed by atoms with E-state index in [9.17, 15) is 4.39 Å². The van der Waals surface area contributed by atoms with Gasteiger partial charge in [-0.1, -0.05) is 19.1 Å². The number of hydrogen-bond donors (Lipinski definition) is 1. The monoisotopic (exact) mass is 249 g/mol. The van der Waals surface area contributed by atoms with E-state index in [4.69, 9.17) is 4.74 Å². The van der Waals surface area contributed by atoms with E-state index in [2.05, 4.69) is 11.4 Å². The van der Waals surface area contributed by atoms with Crippen molar-refractivity contribution in [1.82, 2.24) is 5.32 Å². The molecule has 1 atom stereocenters. The van der Waals surface area contributed by atoms with Crippen LogP contribution in [0, 0.1) is 12.7 Å². The molecule has 0 saturated carbocycles. The van der Waals surface area contributed by atoms with Crippen LogP contribution in [0.15, 0.2) is 30.0 Å². The highest BCUT2D eigenvalue weighted by atomic mass is 19.1. The maximum absolute atomic E-state index is 13.7. The van der Waals surface area contributed by atoms with Gasteiger partial charge in [0.05, 0.1) is 12.6 Å². The first-order chi connectivity index (χ1) is 8.72. The number of halogens is 1. The quantitative estimate of drug-likeness (QED) is 0.882. The molecular formula is C15H20FNO. The number of benzene rings is 1. The van der Waals surface area contributed by atoms with Gasteiger partial charge in [-0.2, -0.15) is 0 Å². The fourth-order valence-electron chi connectivity index (χ4n) is 2.15. The Hall–Kier alpha value is -1.35. The molecule has 0 bridgehead atoms. The summed E-state index contributed by atoms with van der Waals surface area (Å²) in [5.74, 6) is 0.762. The van der Waals surface area contributed by atoms with Crippen LogP contribution in [-0.4, -0.2) is 13.2 Å². The predicted octanol–water partition coefficient (Wildman–Crippen LogP) is 3.48. The molecule has 0 amide bonds. The van der Waals surface area contributed by atoms with Crippen molar-refractivity contribution in [1.29, 1.82) is 0 Å². The molecule has 0 spiro atoms. The van der Waals surface area contributed by atoms with E-state index in [1.54, 1.807) is 13.0 Å². The van der Waals surface area contributed by atoms with Gasteiger partial charge in [-0.3, -0.25) is 0 Å². The summed E-state index contributed by atoms with van der Waals surface area (Å²) < 4.78 is 19.4. The molecule has 3 heteroatoms. The first kappa shape index (κ1) is 13.1. The molecular weight excluding hydrogens is 229 g/mol. The Morgan fingerprint density at radius 3 is 2.89 bits per heavy atom. The lowest BCUT2D eigenvalue weighted by atomic mass is 10.0. The number of ether oxygens (including phenoxy) is 1. The van der Waals surface area contributed by atoms with E-state index in [-0.39, 0.29) is 11.9 Å². The van der Waals surface area contributed by atoms with Crippen molar-refractivity contribution >= 4 is 0 Å². The van der Waals surface area contributed by atoms with Crippen LogP contribution in [0.4, 0.5) is 4.39 Å². The van der Waals surface area contributed by atoms with Crippen molar-refractivity contribution in [3.05, 3.63) is 47.0 Å². The Morgan fingerprint density at radius 2 is 2.28 bits per heavy atom. The van der Waals surface area contributed by atoms with Gasteiger partial charge in [0.1, 0.15) is 11.6 Å². The first-order valence-corrected chi connectivity index (χ1v) is 6.54. The van der Waals surface area contributed by atoms with Crippen LogP contribution in [-0.2, 0) is 4.74 Å². The molecule has 0 fully saturated rings. The van der Waals surface area contributed by atoms with Crippen LogP contribution < -0.4 is 5.32 Å². The smallest absolute Gasteiger partial charge is 0.126 e. The van der Waals surface area contributed by atoms with Crippen molar-refractivity contribution in [2.75, 3.05) is 13.2 Å². The van der Waals surface area contributed by atoms with E-state index >= 15 is 0 Å². The van der Waals surface area contributed by atoms with Crippen molar-refractivity contribution in [3.63, 3.8) is 0 Å². The lowest BCUT2D eigenvalue weighted by Crippen LogP contribution is -2.25. The molecule has 1 aliphatic heterocycles. The minimum atomic E-state index is -0.160. The Bertz CT molecular complexity index is 442. The molecule has 0 saturated heterocycles. The Labute approximate surface area is 108 Å². The molecule has 1 aliphatic rings. The summed E-state index contributed by atoms with van der Waals surface area (Å²) in [6, 6.07) is 5.34. The van der Waals surface area contributed by atoms with E-state index < -0.39 is 0 Å². The number of allylic oxidation sites excluding steroid dienone is 1. The number of hydrogen-bond acceptors (Lipinski definition) is 2. The van der Waals surface area contributed by atoms with E-state index in [0.29, 0.717) is 5.56 Å². The fraction of sp³-hybridized carbons (Fsp3) is 0.467. The zero-order valence-electron chi connectivity index (χ0n) is 11.0. The SMILES string of the molecule is CCNC(C1=CCCCO1)c1ccc(C)c(F)c1. The highest BCUT2D eigenvalue weighted by molar-refractivity contribution is 5.30. The van der Waals surface area contributed by atoms with Gasteiger partial charge in [0, 0.05) is 0 Å². The molecule has 0 aromatic heterocycles. The molecule has 1 aromatic carbocycles. The molecule has 98 valence electrons. The zero-order chi connectivity index (χ0) is 13.0. The number of rotatable bonds is 4. The van der Waals surface area contributed by atoms with E-state index in [1.165, 1.54) is 0 Å². The van der Waals surface area contributed by atoms with Crippen LogP contribution in [0.5, 0.6) is 0 Å². The van der Waals surface area contributed by atoms with Crippen LogP contribution in [0.2, 0.25) is 0 Å². The Kier molecular flexibility index (Phi) is 4.37. The van der Waals surface area contributed by atoms with Gasteiger partial charge in [0.25, 0.3) is 0 Å². The largest absolute Gasteiger partial charge is 0.496 e. The van der Waals surface area contributed by atoms with Crippen molar-refractivity contribution in [2.45, 2.75) is 32.7 Å². The molecule has 1 unspecified atom stereocenters. The third kappa shape index (κ3) is 2.91. The summed E-state index contributed by atoms with van der Waals surface area (Å²) in [7, 11) is 0. The lowest BCUT2D eigenvalue weighted by Gasteiger charge is -2.25. The van der Waals surface area contributed by atoms with Crippen LogP contribution in [0.3, 0.4) is 0 Å². The average Bonchev–Trinajstić information content (AvgIpc) is 2.40. The predicted molar refractivity (Wildman–Crippen MR) is 70.8 cm³/mol. The van der Waals surface area contributed by atoms with Gasteiger partial charge in [-0.05, 0) is 49.6 Å². The first-order valence-electron chi connectivity index (χ1n) is 6.54. The maximum Gasteiger partial charge on any atom is 0.126 e. The van der Waals surface area contributed by atoms with Gasteiger partial charge in [0.2, 0.25) is 0 Å². The molecule has 0 aliphatic carbocycles. The fourth-order valence-corrected chi connectivity index (χ4v) is 2.15. The Morgan fingerprint density at radius 1 is 1.44 bits per heavy atom. The van der Waals surface area contributed by atoms with Crippen LogP contribution >= 0.6 is 0 Å². The van der Waals surface area contributed by atoms with Gasteiger partial charge in [-0.25, -0.2) is 4.39 Å². The highest BCUT2D eigenvalue weighted by Crippen LogP contribution is 2.27. The molecule has 1 heterocycles. The zero-order valence-corrected chi connectivity index (χ0v) is 11.0. The van der Waals surface area contributed by atoms with Gasteiger partial charge in [-0.15, -0.1) is 0 Å². The van der Waals surface area contributed by atoms with Gasteiger partial charge in [0.15, 0.2) is 0 Å². The molecule has 2 nitrogen and oxygen atoms in total. The summed E-state index contributed by atoms with van der Waals surface area (Å²) in [5, 5.41) is 3.36. The standard InChI is InChI=1S/C15H20FNO/c1-3-17-15(14-6-4-5-9-18-14)12-8-7-11(2)13(16)10-12/h6-8,10,15,17H,3-5,9H2,1-2H3. The molecule has 0 radical (unpaired) electrons. The number of aryl methyl sites for hydroxylation is 1. The maximum atomic E-state index is 13.7. The molecule has 1 N–H and O–H groups in total. The Balaban J connectivity index is 2.28. The van der Waals surface area contributed by atoms with Crippen molar-refractivity contribution in [3.8, 4) is 0 Å². The second-order valence-corrected chi connectivity index (χ2v) is 4.60. The second-order valence-electron chi connectivity index (χ2n) is 4.60. The summed E-state index contributed by atoms with van der Waals surface area (Å²) in [4.78, 5) is 0. The topological polar surface area (TPSA) is 21.3 Å². The third-order valence-corrected chi connectivity index (χ3v) is 3.18. The summed E-state index contributed by atoms with van der Waals surface area (Å²) in [6.07, 6.45) is 4.20. The highest BCUT2D eigenvalue weighted by Gasteiger charge is 2.19. The lowest BCUT2D eigenvalue weighted by molar-refractivity contribution is 0.168. The summed E-state index contributed by atoms with van der Waals surface area (Å²) in [6.45, 7) is 5.39. The summed E-state index contributed by atoms with van der Waals surface area (Å²) in [5.41, 5.74) is 1.60. The van der Waals surface area contributed by atoms with E-state index in [0.717, 1.165) is 37.3 Å². The third-order valence-electron chi connectivity index (χ3n) is 3.18. The minimum absolute atomic E-state index is 0.0367. The number of likely N-dealkylation sites (N-methyl/N-ethyl adjacent to an activating group) is 1. The summed E-state index contributed by atoms with van der Waals surface area (Å²) >= 11 is 0. The van der Waals surface area contributed by atoms with Crippen molar-refractivity contribution in [2.24, 2.45) is 0 Å². The number of nitrogens with one attached hydrogen (secondary N) is 1. The average molecular weight is 249 g/mol. The normalized spacial score (nSPS) is 16.9. The van der Waals surface area contributed by atoms with Crippen LogP contribution in [0.25, 0.3) is 0 Å². The molecule has 18 heavy (non-hydrogen) atoms. The van der Waals surface area contributed by atoms with Gasteiger partial charge >= 0.3 is 0 Å². The second kappa shape index (κ2) is 6.01. The van der Waals surface area contributed by atoms with Gasteiger partial charge < -0.3 is 10.1 Å². The minimum Gasteiger partial charge on any atom is -0.496 e. The van der Waals surface area contributed by atoms with Crippen molar-refractivity contribution < 1.29 is 9.13 Å². The molecule has 2 rings (SSSR count).